The molecule has 4 rings (SSSR count). The van der Waals surface area contributed by atoms with Crippen molar-refractivity contribution in [2.75, 3.05) is 140 Å². The molecule has 28 nitrogen and oxygen atoms in total. The van der Waals surface area contributed by atoms with Crippen LogP contribution in [-0.2, 0) is 35.3 Å². The van der Waals surface area contributed by atoms with E-state index in [-0.39, 0.29) is 87.1 Å². The number of hydrogen-bond donors (Lipinski definition) is 14. The van der Waals surface area contributed by atoms with Gasteiger partial charge in [-0.3, -0.25) is 58.0 Å². The SMILES string of the molecule is CCC(=O)NCCNC(=O)/N=C(/N)NCCC[C@@H](NC(=O)C(C)c1ccc(NCCCNc2c(NCCNCN3CCN(CC(=O)O)CCN(CC(=O)O)CCN(CC(=O)O)CC3)c(=O)c2=O)cc1)C(=O)NCc1ccc(O)cc1. The number of hydrogen-bond acceptors (Lipinski definition) is 18. The highest BCUT2D eigenvalue weighted by atomic mass is 16.4. The molecule has 1 heterocycles. The monoisotopic (exact) mass is 1120 g/mol. The molecule has 1 aliphatic rings. The summed E-state index contributed by atoms with van der Waals surface area (Å²) in [6.45, 7) is 8.31. The molecule has 15 N–H and O–H groups in total. The van der Waals surface area contributed by atoms with Crippen LogP contribution in [0.5, 0.6) is 5.75 Å². The summed E-state index contributed by atoms with van der Waals surface area (Å²) < 4.78 is 0. The number of phenolic OH excluding ortho intramolecular Hbond substituents is 1. The molecule has 5 amide bonds. The van der Waals surface area contributed by atoms with Crippen molar-refractivity contribution in [3.05, 3.63) is 80.1 Å². The summed E-state index contributed by atoms with van der Waals surface area (Å²) in [6.07, 6.45) is 1.46. The average Bonchev–Trinajstić information content (AvgIpc) is 3.54. The molecule has 3 aromatic rings. The Kier molecular flexibility index (Phi) is 28.1. The van der Waals surface area contributed by atoms with Crippen molar-refractivity contribution in [3.8, 4) is 5.75 Å². The summed E-state index contributed by atoms with van der Waals surface area (Å²) in [5.74, 6) is -4.72. The van der Waals surface area contributed by atoms with Gasteiger partial charge in [-0.15, -0.1) is 0 Å². The smallest absolute Gasteiger partial charge is 0.344 e. The van der Waals surface area contributed by atoms with Crippen molar-refractivity contribution in [1.82, 2.24) is 51.5 Å². The van der Waals surface area contributed by atoms with E-state index < -0.39 is 52.7 Å². The number of carboxylic acid groups (broad SMARTS) is 3. The molecule has 1 unspecified atom stereocenters. The van der Waals surface area contributed by atoms with E-state index >= 15 is 0 Å². The van der Waals surface area contributed by atoms with Gasteiger partial charge in [-0.1, -0.05) is 31.2 Å². The fourth-order valence-electron chi connectivity index (χ4n) is 8.30. The van der Waals surface area contributed by atoms with E-state index in [1.54, 1.807) is 52.8 Å². The largest absolute Gasteiger partial charge is 0.508 e. The van der Waals surface area contributed by atoms with Gasteiger partial charge in [-0.05, 0) is 61.6 Å². The van der Waals surface area contributed by atoms with Gasteiger partial charge in [0.2, 0.25) is 17.7 Å². The third-order valence-electron chi connectivity index (χ3n) is 12.9. The number of carbonyl (C=O) groups is 7. The Labute approximate surface area is 464 Å². The Balaban J connectivity index is 1.21. The van der Waals surface area contributed by atoms with Crippen LogP contribution in [0.25, 0.3) is 0 Å². The van der Waals surface area contributed by atoms with Gasteiger partial charge in [0.15, 0.2) is 5.96 Å². The number of amides is 5. The Morgan fingerprint density at radius 3 is 1.68 bits per heavy atom. The molecule has 0 aromatic heterocycles. The number of aliphatic imine (C=N–C) groups is 1. The van der Waals surface area contributed by atoms with Crippen LogP contribution in [-0.4, -0.2) is 218 Å². The van der Waals surface area contributed by atoms with Crippen molar-refractivity contribution in [2.45, 2.75) is 58.0 Å². The highest BCUT2D eigenvalue weighted by molar-refractivity contribution is 5.92. The fourth-order valence-corrected chi connectivity index (χ4v) is 8.30. The van der Waals surface area contributed by atoms with E-state index in [0.29, 0.717) is 110 Å². The lowest BCUT2D eigenvalue weighted by Crippen LogP contribution is -2.50. The first-order chi connectivity index (χ1) is 38.3. The van der Waals surface area contributed by atoms with Gasteiger partial charge in [0.05, 0.1) is 25.6 Å². The van der Waals surface area contributed by atoms with Gasteiger partial charge in [0.25, 0.3) is 10.9 Å². The number of carbonyl (C=O) groups excluding carboxylic acids is 4. The number of nitrogens with two attached hydrogens (primary N) is 1. The van der Waals surface area contributed by atoms with Crippen LogP contribution in [0.3, 0.4) is 0 Å². The summed E-state index contributed by atoms with van der Waals surface area (Å²) >= 11 is 0. The minimum Gasteiger partial charge on any atom is -0.508 e. The zero-order valence-corrected chi connectivity index (χ0v) is 45.5. The van der Waals surface area contributed by atoms with E-state index in [4.69, 9.17) is 5.73 Å². The average molecular weight is 1120 g/mol. The number of nitrogens with zero attached hydrogens (tertiary/aromatic N) is 5. The third-order valence-corrected chi connectivity index (χ3v) is 12.9. The van der Waals surface area contributed by atoms with E-state index in [1.165, 1.54) is 12.1 Å². The van der Waals surface area contributed by atoms with Crippen molar-refractivity contribution in [2.24, 2.45) is 10.7 Å². The van der Waals surface area contributed by atoms with Crippen molar-refractivity contribution < 1.29 is 54.0 Å². The zero-order chi connectivity index (χ0) is 58.4. The van der Waals surface area contributed by atoms with Crippen molar-refractivity contribution in [1.29, 1.82) is 0 Å². The van der Waals surface area contributed by atoms with E-state index in [1.807, 2.05) is 17.0 Å². The quantitative estimate of drug-likeness (QED) is 0.0141. The second kappa shape index (κ2) is 34.9. The van der Waals surface area contributed by atoms with Crippen LogP contribution in [0.2, 0.25) is 0 Å². The Morgan fingerprint density at radius 2 is 1.12 bits per heavy atom. The standard InChI is InChI=1S/C52H79N15O13/c1-3-41(69)56-20-21-60-52(80)63-51(53)59-15-4-6-40(50(79)61-30-36-7-13-39(68)14-8-36)62-49(78)35(2)37-9-11-38(12-10-37)55-16-5-17-57-45-46(48(77)47(45)76)58-19-18-54-34-67-28-26-65(32-43(72)73)24-22-64(31-42(70)71)23-25-66(27-29-67)33-44(74)75/h7-14,35,40,54-55,57-58,68H,3-6,15-34H2,1-2H3,(H,56,69)(H,61,79)(H,62,78)(H,70,71)(H,72,73)(H,74,75)(H4,53,59,60,63,80)/t35?,40-/m1/s1. The maximum Gasteiger partial charge on any atom is 0.344 e. The highest BCUT2D eigenvalue weighted by Gasteiger charge is 2.25. The molecule has 1 saturated heterocycles. The number of anilines is 3. The predicted octanol–water partition coefficient (Wildman–Crippen LogP) is -1.84. The van der Waals surface area contributed by atoms with Crippen LogP contribution in [0.1, 0.15) is 56.6 Å². The topological polar surface area (TPSA) is 394 Å². The van der Waals surface area contributed by atoms with Gasteiger partial charge in [0.1, 0.15) is 23.2 Å². The fraction of sp³-hybridized carbons (Fsp3) is 0.538. The highest BCUT2D eigenvalue weighted by Crippen LogP contribution is 2.20. The molecule has 1 aliphatic heterocycles. The molecule has 28 heteroatoms. The first kappa shape index (κ1) is 64.6. The summed E-state index contributed by atoms with van der Waals surface area (Å²) in [6, 6.07) is 12.0. The first-order valence-electron chi connectivity index (χ1n) is 26.7. The number of carboxylic acids is 3. The number of aliphatic carboxylic acids is 3. The van der Waals surface area contributed by atoms with E-state index in [9.17, 15) is 63.6 Å². The molecule has 0 aliphatic carbocycles. The van der Waals surface area contributed by atoms with Gasteiger partial charge < -0.3 is 74.0 Å². The number of guanidine groups is 1. The van der Waals surface area contributed by atoms with Gasteiger partial charge in [-0.2, -0.15) is 4.99 Å². The van der Waals surface area contributed by atoms with Gasteiger partial charge in [0, 0.05) is 123 Å². The molecular weight excluding hydrogens is 1040 g/mol. The maximum absolute atomic E-state index is 13.6. The third kappa shape index (κ3) is 24.4. The number of rotatable bonds is 32. The number of aromatic hydroxyl groups is 1. The molecule has 0 radical (unpaired) electrons. The predicted molar refractivity (Wildman–Crippen MR) is 300 cm³/mol. The Morgan fingerprint density at radius 1 is 0.600 bits per heavy atom. The molecule has 1 fully saturated rings. The van der Waals surface area contributed by atoms with E-state index in [0.717, 1.165) is 11.3 Å². The molecule has 0 bridgehead atoms. The minimum absolute atomic E-state index is 0.0811. The van der Waals surface area contributed by atoms with Crippen molar-refractivity contribution >= 4 is 64.7 Å². The number of phenols is 1. The molecule has 2 atom stereocenters. The number of urea groups is 1. The normalized spacial score (nSPS) is 15.1. The minimum atomic E-state index is -1.03. The zero-order valence-electron chi connectivity index (χ0n) is 45.5. The number of nitrogens with one attached hydrogen (secondary N) is 9. The second-order valence-electron chi connectivity index (χ2n) is 19.1. The van der Waals surface area contributed by atoms with Crippen LogP contribution < -0.4 is 64.4 Å². The Bertz CT molecular complexity index is 2550. The molecular formula is C52H79N15O13. The van der Waals surface area contributed by atoms with Crippen LogP contribution in [0.15, 0.2) is 63.1 Å². The second-order valence-corrected chi connectivity index (χ2v) is 19.1. The van der Waals surface area contributed by atoms with Crippen LogP contribution >= 0.6 is 0 Å². The van der Waals surface area contributed by atoms with Crippen LogP contribution in [0.4, 0.5) is 21.9 Å². The summed E-state index contributed by atoms with van der Waals surface area (Å²) in [5, 5.41) is 64.4. The maximum atomic E-state index is 13.6. The number of benzene rings is 2. The summed E-state index contributed by atoms with van der Waals surface area (Å²) in [4.78, 5) is 121. The van der Waals surface area contributed by atoms with Crippen LogP contribution in [0, 0.1) is 0 Å². The first-order valence-corrected chi connectivity index (χ1v) is 26.7. The molecule has 80 heavy (non-hydrogen) atoms. The molecule has 0 spiro atoms. The lowest BCUT2D eigenvalue weighted by atomic mass is 9.99. The Hall–Kier alpha value is -7.92. The lowest BCUT2D eigenvalue weighted by Gasteiger charge is -2.33. The lowest BCUT2D eigenvalue weighted by molar-refractivity contribution is -0.140. The van der Waals surface area contributed by atoms with Gasteiger partial charge in [-0.25, -0.2) is 4.79 Å². The summed E-state index contributed by atoms with van der Waals surface area (Å²) in [5.41, 5.74) is 7.22. The molecule has 0 saturated carbocycles. The van der Waals surface area contributed by atoms with Crippen molar-refractivity contribution in [3.63, 3.8) is 0 Å². The molecule has 3 aromatic carbocycles. The van der Waals surface area contributed by atoms with Gasteiger partial charge >= 0.3 is 23.9 Å². The molecule has 440 valence electrons. The van der Waals surface area contributed by atoms with E-state index in [2.05, 4.69) is 52.8 Å². The summed E-state index contributed by atoms with van der Waals surface area (Å²) in [7, 11) is 0.